The van der Waals surface area contributed by atoms with Gasteiger partial charge in [0.15, 0.2) is 6.61 Å². The van der Waals surface area contributed by atoms with Gasteiger partial charge in [-0.3, -0.25) is 4.79 Å². The molecule has 138 valence electrons. The first-order valence-corrected chi connectivity index (χ1v) is 8.47. The molecular formula is C18H23N5O3. The van der Waals surface area contributed by atoms with Crippen molar-refractivity contribution in [1.29, 1.82) is 0 Å². The van der Waals surface area contributed by atoms with Crippen LogP contribution in [-0.2, 0) is 18.3 Å². The molecule has 3 amide bonds. The number of amides is 3. The monoisotopic (exact) mass is 357 g/mol. The molecule has 0 bridgehead atoms. The maximum absolute atomic E-state index is 12.3. The van der Waals surface area contributed by atoms with E-state index in [4.69, 9.17) is 4.74 Å². The predicted molar refractivity (Wildman–Crippen MR) is 98.5 cm³/mol. The summed E-state index contributed by atoms with van der Waals surface area (Å²) in [6.45, 7) is 0.630. The first-order valence-electron chi connectivity index (χ1n) is 8.47. The number of fused-ring (bicyclic) bond motifs is 1. The second-order valence-electron chi connectivity index (χ2n) is 6.33. The Labute approximate surface area is 152 Å². The lowest BCUT2D eigenvalue weighted by Gasteiger charge is -2.26. The Morgan fingerprint density at radius 3 is 2.92 bits per heavy atom. The van der Waals surface area contributed by atoms with Gasteiger partial charge in [-0.15, -0.1) is 0 Å². The number of nitrogens with one attached hydrogen (secondary N) is 1. The SMILES string of the molecule is CN(CCCc1nccn1C)C(=O)Nc1ccc2c(c1)OCC(=O)N2C. The molecule has 0 aliphatic carbocycles. The molecule has 2 aromatic rings. The summed E-state index contributed by atoms with van der Waals surface area (Å²) in [6, 6.07) is 5.07. The Kier molecular flexibility index (Phi) is 5.11. The highest BCUT2D eigenvalue weighted by Crippen LogP contribution is 2.33. The van der Waals surface area contributed by atoms with Gasteiger partial charge in [0, 0.05) is 58.3 Å². The lowest BCUT2D eigenvalue weighted by molar-refractivity contribution is -0.120. The third-order valence-corrected chi connectivity index (χ3v) is 4.46. The van der Waals surface area contributed by atoms with E-state index in [-0.39, 0.29) is 18.5 Å². The average molecular weight is 357 g/mol. The second kappa shape index (κ2) is 7.47. The maximum atomic E-state index is 12.3. The topological polar surface area (TPSA) is 79.7 Å². The third-order valence-electron chi connectivity index (χ3n) is 4.46. The highest BCUT2D eigenvalue weighted by atomic mass is 16.5. The number of carbonyl (C=O) groups excluding carboxylic acids is 2. The summed E-state index contributed by atoms with van der Waals surface area (Å²) in [5.41, 5.74) is 1.33. The molecule has 8 nitrogen and oxygen atoms in total. The summed E-state index contributed by atoms with van der Waals surface area (Å²) >= 11 is 0. The summed E-state index contributed by atoms with van der Waals surface area (Å²) in [5.74, 6) is 1.49. The van der Waals surface area contributed by atoms with Gasteiger partial charge in [-0.05, 0) is 18.6 Å². The molecule has 8 heteroatoms. The fourth-order valence-corrected chi connectivity index (χ4v) is 2.79. The van der Waals surface area contributed by atoms with E-state index in [0.29, 0.717) is 23.7 Å². The Hall–Kier alpha value is -3.03. The van der Waals surface area contributed by atoms with Crippen LogP contribution in [0.1, 0.15) is 12.2 Å². The van der Waals surface area contributed by atoms with Crippen molar-refractivity contribution in [3.8, 4) is 5.75 Å². The summed E-state index contributed by atoms with van der Waals surface area (Å²) in [5, 5.41) is 2.86. The molecule has 0 unspecified atom stereocenters. The van der Waals surface area contributed by atoms with Gasteiger partial charge in [-0.2, -0.15) is 0 Å². The number of imidazole rings is 1. The van der Waals surface area contributed by atoms with Crippen molar-refractivity contribution in [2.45, 2.75) is 12.8 Å². The van der Waals surface area contributed by atoms with Gasteiger partial charge in [-0.25, -0.2) is 9.78 Å². The zero-order valence-electron chi connectivity index (χ0n) is 15.2. The number of likely N-dealkylation sites (N-methyl/N-ethyl adjacent to an activating group) is 1. The number of ether oxygens (including phenoxy) is 1. The number of anilines is 2. The molecule has 26 heavy (non-hydrogen) atoms. The number of aryl methyl sites for hydroxylation is 2. The molecule has 2 heterocycles. The van der Waals surface area contributed by atoms with E-state index >= 15 is 0 Å². The van der Waals surface area contributed by atoms with Crippen LogP contribution >= 0.6 is 0 Å². The van der Waals surface area contributed by atoms with Crippen molar-refractivity contribution in [2.75, 3.05) is 37.5 Å². The van der Waals surface area contributed by atoms with E-state index < -0.39 is 0 Å². The Bertz CT molecular complexity index is 817. The fourth-order valence-electron chi connectivity index (χ4n) is 2.79. The number of rotatable bonds is 5. The Morgan fingerprint density at radius 1 is 1.38 bits per heavy atom. The van der Waals surface area contributed by atoms with Gasteiger partial charge < -0.3 is 24.4 Å². The lowest BCUT2D eigenvalue weighted by atomic mass is 10.2. The number of hydrogen-bond donors (Lipinski definition) is 1. The van der Waals surface area contributed by atoms with Crippen LogP contribution in [0.15, 0.2) is 30.6 Å². The minimum Gasteiger partial charge on any atom is -0.481 e. The van der Waals surface area contributed by atoms with Crippen LogP contribution in [0.2, 0.25) is 0 Å². The number of carbonyl (C=O) groups is 2. The van der Waals surface area contributed by atoms with E-state index in [2.05, 4.69) is 10.3 Å². The standard InChI is InChI=1S/C18H23N5O3/c1-21-10-8-19-16(21)5-4-9-22(2)18(25)20-13-6-7-14-15(11-13)26-12-17(24)23(14)3/h6-8,10-11H,4-5,9,12H2,1-3H3,(H,20,25). The molecule has 0 radical (unpaired) electrons. The molecule has 1 aliphatic rings. The van der Waals surface area contributed by atoms with Crippen LogP contribution in [0.5, 0.6) is 5.75 Å². The molecule has 0 saturated heterocycles. The van der Waals surface area contributed by atoms with Crippen molar-refractivity contribution in [1.82, 2.24) is 14.5 Å². The van der Waals surface area contributed by atoms with Gasteiger partial charge in [0.2, 0.25) is 0 Å². The van der Waals surface area contributed by atoms with Crippen LogP contribution in [0.25, 0.3) is 0 Å². The van der Waals surface area contributed by atoms with Gasteiger partial charge >= 0.3 is 6.03 Å². The van der Waals surface area contributed by atoms with E-state index in [0.717, 1.165) is 18.7 Å². The van der Waals surface area contributed by atoms with Gasteiger partial charge in [0.1, 0.15) is 11.6 Å². The summed E-state index contributed by atoms with van der Waals surface area (Å²) in [6.07, 6.45) is 5.33. The molecule has 0 saturated carbocycles. The molecule has 1 aliphatic heterocycles. The minimum absolute atomic E-state index is 0.00793. The van der Waals surface area contributed by atoms with Crippen molar-refractivity contribution >= 4 is 23.3 Å². The molecule has 1 N–H and O–H groups in total. The Morgan fingerprint density at radius 2 is 2.19 bits per heavy atom. The predicted octanol–water partition coefficient (Wildman–Crippen LogP) is 1.87. The van der Waals surface area contributed by atoms with Crippen molar-refractivity contribution in [3.63, 3.8) is 0 Å². The normalized spacial score (nSPS) is 13.2. The zero-order chi connectivity index (χ0) is 18.7. The molecule has 1 aromatic heterocycles. The molecular weight excluding hydrogens is 334 g/mol. The van der Waals surface area contributed by atoms with E-state index in [1.165, 1.54) is 0 Å². The van der Waals surface area contributed by atoms with E-state index in [1.807, 2.05) is 17.8 Å². The fraction of sp³-hybridized carbons (Fsp3) is 0.389. The van der Waals surface area contributed by atoms with Crippen LogP contribution in [0.4, 0.5) is 16.2 Å². The number of benzene rings is 1. The smallest absolute Gasteiger partial charge is 0.321 e. The average Bonchev–Trinajstić information content (AvgIpc) is 3.03. The third kappa shape index (κ3) is 3.79. The van der Waals surface area contributed by atoms with E-state index in [9.17, 15) is 9.59 Å². The highest BCUT2D eigenvalue weighted by molar-refractivity contribution is 5.98. The maximum Gasteiger partial charge on any atom is 0.321 e. The number of hydrogen-bond acceptors (Lipinski definition) is 4. The van der Waals surface area contributed by atoms with Crippen LogP contribution < -0.4 is 15.0 Å². The van der Waals surface area contributed by atoms with Crippen molar-refractivity contribution in [3.05, 3.63) is 36.4 Å². The molecule has 0 fully saturated rings. The van der Waals surface area contributed by atoms with Crippen LogP contribution in [0, 0.1) is 0 Å². The van der Waals surface area contributed by atoms with Crippen molar-refractivity contribution in [2.24, 2.45) is 7.05 Å². The summed E-state index contributed by atoms with van der Waals surface area (Å²) in [4.78, 5) is 31.4. The van der Waals surface area contributed by atoms with Gasteiger partial charge in [0.25, 0.3) is 5.91 Å². The van der Waals surface area contributed by atoms with Gasteiger partial charge in [0.05, 0.1) is 5.69 Å². The number of nitrogens with zero attached hydrogens (tertiary/aromatic N) is 4. The Balaban J connectivity index is 1.54. The molecule has 3 rings (SSSR count). The van der Waals surface area contributed by atoms with Crippen LogP contribution in [0.3, 0.4) is 0 Å². The quantitative estimate of drug-likeness (QED) is 0.886. The second-order valence-corrected chi connectivity index (χ2v) is 6.33. The zero-order valence-corrected chi connectivity index (χ0v) is 15.2. The molecule has 1 aromatic carbocycles. The number of urea groups is 1. The first-order chi connectivity index (χ1) is 12.5. The number of aromatic nitrogens is 2. The highest BCUT2D eigenvalue weighted by Gasteiger charge is 2.22. The largest absolute Gasteiger partial charge is 0.481 e. The summed E-state index contributed by atoms with van der Waals surface area (Å²) < 4.78 is 7.42. The summed E-state index contributed by atoms with van der Waals surface area (Å²) in [7, 11) is 5.42. The van der Waals surface area contributed by atoms with Crippen molar-refractivity contribution < 1.29 is 14.3 Å². The lowest BCUT2D eigenvalue weighted by Crippen LogP contribution is -2.35. The molecule has 0 atom stereocenters. The van der Waals surface area contributed by atoms with Crippen LogP contribution in [-0.4, -0.2) is 53.6 Å². The minimum atomic E-state index is -0.190. The molecule has 0 spiro atoms. The van der Waals surface area contributed by atoms with E-state index in [1.54, 1.807) is 48.3 Å². The first kappa shape index (κ1) is 17.8. The van der Waals surface area contributed by atoms with Gasteiger partial charge in [-0.1, -0.05) is 0 Å².